The van der Waals surface area contributed by atoms with Crippen molar-refractivity contribution >= 4 is 18.4 Å². The van der Waals surface area contributed by atoms with Gasteiger partial charge in [0.1, 0.15) is 0 Å². The predicted octanol–water partition coefficient (Wildman–Crippen LogP) is 3.72. The van der Waals surface area contributed by atoms with Crippen LogP contribution < -0.4 is 11.3 Å². The molecule has 1 aliphatic carbocycles. The van der Waals surface area contributed by atoms with Crippen LogP contribution in [0.3, 0.4) is 0 Å². The second-order valence-corrected chi connectivity index (χ2v) is 6.38. The number of rotatable bonds is 3. The molecule has 0 amide bonds. The maximum Gasteiger partial charge on any atom is 0.254 e. The van der Waals surface area contributed by atoms with Gasteiger partial charge in [-0.2, -0.15) is 0 Å². The Labute approximate surface area is 152 Å². The Kier molecular flexibility index (Phi) is 4.64. The normalized spacial score (nSPS) is 18.4. The van der Waals surface area contributed by atoms with Gasteiger partial charge in [-0.15, -0.1) is 12.4 Å². The number of hydrogen-bond donors (Lipinski definition) is 1. The molecule has 2 N–H and O–H groups in total. The van der Waals surface area contributed by atoms with E-state index in [1.54, 1.807) is 13.1 Å². The molecular weight excluding hydrogens is 334 g/mol. The molecule has 25 heavy (non-hydrogen) atoms. The molecule has 1 heterocycles. The smallest absolute Gasteiger partial charge is 0.254 e. The molecular formula is C20H20ClN3O. The molecule has 4 rings (SSSR count). The van der Waals surface area contributed by atoms with Crippen molar-refractivity contribution in [2.24, 2.45) is 7.05 Å². The number of anilines is 1. The lowest BCUT2D eigenvalue weighted by Crippen LogP contribution is -2.21. The number of aromatic nitrogens is 2. The zero-order valence-corrected chi connectivity index (χ0v) is 14.7. The maximum absolute atomic E-state index is 11.9. The Hall–Kier alpha value is -2.59. The van der Waals surface area contributed by atoms with Gasteiger partial charge in [-0.1, -0.05) is 54.6 Å². The lowest BCUT2D eigenvalue weighted by molar-refractivity contribution is 0.813. The molecule has 4 nitrogen and oxygen atoms in total. The summed E-state index contributed by atoms with van der Waals surface area (Å²) in [6.45, 7) is 0. The molecule has 2 atom stereocenters. The summed E-state index contributed by atoms with van der Waals surface area (Å²) < 4.78 is 1.37. The molecule has 1 saturated carbocycles. The van der Waals surface area contributed by atoms with Gasteiger partial charge >= 0.3 is 0 Å². The third-order valence-corrected chi connectivity index (χ3v) is 4.78. The first-order valence-corrected chi connectivity index (χ1v) is 8.12. The summed E-state index contributed by atoms with van der Waals surface area (Å²) in [7, 11) is 1.64. The van der Waals surface area contributed by atoms with E-state index in [2.05, 4.69) is 41.4 Å². The maximum atomic E-state index is 11.9. The van der Waals surface area contributed by atoms with E-state index in [0.29, 0.717) is 5.92 Å². The molecule has 1 aliphatic rings. The number of nitrogens with zero attached hydrogens (tertiary/aromatic N) is 2. The highest BCUT2D eigenvalue weighted by Crippen LogP contribution is 2.54. The zero-order chi connectivity index (χ0) is 16.7. The second kappa shape index (κ2) is 6.73. The van der Waals surface area contributed by atoms with Crippen LogP contribution in [0.5, 0.6) is 0 Å². The molecule has 0 radical (unpaired) electrons. The van der Waals surface area contributed by atoms with Crippen molar-refractivity contribution < 1.29 is 0 Å². The minimum Gasteiger partial charge on any atom is -0.369 e. The average Bonchev–Trinajstić information content (AvgIpc) is 3.41. The monoisotopic (exact) mass is 353 g/mol. The van der Waals surface area contributed by atoms with Crippen LogP contribution in [0.25, 0.3) is 11.1 Å². The lowest BCUT2D eigenvalue weighted by atomic mass is 10.00. The summed E-state index contributed by atoms with van der Waals surface area (Å²) >= 11 is 0. The standard InChI is InChI=1S/C20H19N3O.ClH/c1-23-19(24)12-18(22-20(23)21)17-11-16(17)15-9-5-8-14(10-15)13-6-3-2-4-7-13;/h2-10,12,16-17H,11H2,1H3,(H2,21,22);1H/t16-,17-;/m1./s1. The number of nitrogen functional groups attached to an aromatic ring is 1. The van der Waals surface area contributed by atoms with Gasteiger partial charge in [0.05, 0.1) is 5.69 Å². The highest BCUT2D eigenvalue weighted by Gasteiger charge is 2.41. The van der Waals surface area contributed by atoms with Gasteiger partial charge in [-0.25, -0.2) is 4.98 Å². The summed E-state index contributed by atoms with van der Waals surface area (Å²) in [6, 6.07) is 20.6. The topological polar surface area (TPSA) is 60.9 Å². The highest BCUT2D eigenvalue weighted by molar-refractivity contribution is 5.85. The van der Waals surface area contributed by atoms with E-state index in [1.807, 2.05) is 18.2 Å². The molecule has 1 aromatic heterocycles. The fourth-order valence-electron chi connectivity index (χ4n) is 3.24. The van der Waals surface area contributed by atoms with Crippen LogP contribution >= 0.6 is 12.4 Å². The van der Waals surface area contributed by atoms with Gasteiger partial charge in [-0.3, -0.25) is 9.36 Å². The van der Waals surface area contributed by atoms with Crippen LogP contribution in [0.2, 0.25) is 0 Å². The minimum absolute atomic E-state index is 0. The first-order chi connectivity index (χ1) is 11.6. The van der Waals surface area contributed by atoms with Gasteiger partial charge in [-0.05, 0) is 29.0 Å². The van der Waals surface area contributed by atoms with Gasteiger partial charge in [0.2, 0.25) is 5.95 Å². The molecule has 0 saturated heterocycles. The Morgan fingerprint density at radius 3 is 2.44 bits per heavy atom. The van der Waals surface area contributed by atoms with E-state index in [1.165, 1.54) is 21.3 Å². The van der Waals surface area contributed by atoms with Crippen LogP contribution in [0.4, 0.5) is 5.95 Å². The van der Waals surface area contributed by atoms with E-state index >= 15 is 0 Å². The van der Waals surface area contributed by atoms with Crippen molar-refractivity contribution in [3.8, 4) is 11.1 Å². The second-order valence-electron chi connectivity index (χ2n) is 6.38. The van der Waals surface area contributed by atoms with Gasteiger partial charge < -0.3 is 5.73 Å². The zero-order valence-electron chi connectivity index (χ0n) is 13.9. The fourth-order valence-corrected chi connectivity index (χ4v) is 3.24. The Balaban J connectivity index is 0.00000182. The Bertz CT molecular complexity index is 953. The SMILES string of the molecule is Cl.Cn1c(N)nc([C@@H]2C[C@@H]2c2cccc(-c3ccccc3)c2)cc1=O. The summed E-state index contributed by atoms with van der Waals surface area (Å²) in [4.78, 5) is 16.3. The van der Waals surface area contributed by atoms with Crippen LogP contribution in [0.15, 0.2) is 65.5 Å². The summed E-state index contributed by atoms with van der Waals surface area (Å²) in [5.74, 6) is 0.973. The number of hydrogen-bond acceptors (Lipinski definition) is 3. The number of benzene rings is 2. The van der Waals surface area contributed by atoms with Crippen LogP contribution in [-0.2, 0) is 7.05 Å². The molecule has 128 valence electrons. The van der Waals surface area contributed by atoms with Gasteiger partial charge in [0, 0.05) is 19.0 Å². The first-order valence-electron chi connectivity index (χ1n) is 8.12. The molecule has 2 aromatic carbocycles. The van der Waals surface area contributed by atoms with Crippen LogP contribution in [0.1, 0.15) is 29.5 Å². The highest BCUT2D eigenvalue weighted by atomic mass is 35.5. The molecule has 0 aliphatic heterocycles. The van der Waals surface area contributed by atoms with Crippen molar-refractivity contribution in [1.29, 1.82) is 0 Å². The van der Waals surface area contributed by atoms with E-state index < -0.39 is 0 Å². The van der Waals surface area contributed by atoms with E-state index in [0.717, 1.165) is 12.1 Å². The third kappa shape index (κ3) is 3.30. The fraction of sp³-hybridized carbons (Fsp3) is 0.200. The van der Waals surface area contributed by atoms with Crippen LogP contribution in [0, 0.1) is 0 Å². The largest absolute Gasteiger partial charge is 0.369 e. The van der Waals surface area contributed by atoms with Crippen molar-refractivity contribution in [2.45, 2.75) is 18.3 Å². The van der Waals surface area contributed by atoms with Gasteiger partial charge in [0.25, 0.3) is 5.56 Å². The Morgan fingerprint density at radius 1 is 1.00 bits per heavy atom. The Morgan fingerprint density at radius 2 is 1.72 bits per heavy atom. The number of halogens is 1. The van der Waals surface area contributed by atoms with Crippen molar-refractivity contribution in [3.63, 3.8) is 0 Å². The number of nitrogens with two attached hydrogens (primary N) is 1. The summed E-state index contributed by atoms with van der Waals surface area (Å²) in [5, 5.41) is 0. The molecule has 1 fully saturated rings. The van der Waals surface area contributed by atoms with Gasteiger partial charge in [0.15, 0.2) is 0 Å². The summed E-state index contributed by atoms with van der Waals surface area (Å²) in [6.07, 6.45) is 1.01. The minimum atomic E-state index is -0.0961. The van der Waals surface area contributed by atoms with Crippen molar-refractivity contribution in [1.82, 2.24) is 9.55 Å². The van der Waals surface area contributed by atoms with E-state index in [9.17, 15) is 4.79 Å². The first kappa shape index (κ1) is 17.2. The van der Waals surface area contributed by atoms with Crippen molar-refractivity contribution in [2.75, 3.05) is 5.73 Å². The van der Waals surface area contributed by atoms with E-state index in [-0.39, 0.29) is 29.8 Å². The van der Waals surface area contributed by atoms with Crippen molar-refractivity contribution in [3.05, 3.63) is 82.3 Å². The van der Waals surface area contributed by atoms with E-state index in [4.69, 9.17) is 5.73 Å². The average molecular weight is 354 g/mol. The predicted molar refractivity (Wildman–Crippen MR) is 103 cm³/mol. The molecule has 0 spiro atoms. The molecule has 0 unspecified atom stereocenters. The third-order valence-electron chi connectivity index (χ3n) is 4.78. The molecule has 0 bridgehead atoms. The summed E-state index contributed by atoms with van der Waals surface area (Å²) in [5.41, 5.74) is 10.3. The quantitative estimate of drug-likeness (QED) is 0.780. The molecule has 3 aromatic rings. The van der Waals surface area contributed by atoms with Crippen LogP contribution in [-0.4, -0.2) is 9.55 Å². The lowest BCUT2D eigenvalue weighted by Gasteiger charge is -2.07. The molecule has 5 heteroatoms.